The summed E-state index contributed by atoms with van der Waals surface area (Å²) in [6.45, 7) is 1.46. The topological polar surface area (TPSA) is 44.1 Å². The Morgan fingerprint density at radius 3 is 2.77 bits per heavy atom. The van der Waals surface area contributed by atoms with E-state index in [-0.39, 0.29) is 25.2 Å². The number of nitrogens with zero attached hydrogens (tertiary/aromatic N) is 2. The molecule has 0 unspecified atom stereocenters. The molecule has 4 nitrogen and oxygen atoms in total. The Balaban J connectivity index is 1.60. The Kier molecular flexibility index (Phi) is 5.65. The maximum Gasteiger partial charge on any atom is 0.411 e. The first-order valence-corrected chi connectivity index (χ1v) is 8.98. The fourth-order valence-corrected chi connectivity index (χ4v) is 3.27. The second-order valence-electron chi connectivity index (χ2n) is 7.01. The number of ether oxygens (including phenoxy) is 1. The van der Waals surface area contributed by atoms with Crippen molar-refractivity contribution >= 4 is 16.7 Å². The van der Waals surface area contributed by atoms with Gasteiger partial charge in [-0.15, -0.1) is 0 Å². The molecule has 3 rings (SSSR count). The number of alkyl halides is 3. The van der Waals surface area contributed by atoms with Crippen LogP contribution in [0.2, 0.25) is 0 Å². The second kappa shape index (κ2) is 7.78. The minimum atomic E-state index is -4.33. The lowest BCUT2D eigenvalue weighted by atomic mass is 9.85. The molecule has 2 aromatic rings. The summed E-state index contributed by atoms with van der Waals surface area (Å²) in [6, 6.07) is 3.60. The van der Waals surface area contributed by atoms with E-state index in [9.17, 15) is 18.0 Å². The van der Waals surface area contributed by atoms with E-state index in [1.165, 1.54) is 19.3 Å². The molecule has 0 spiro atoms. The highest BCUT2D eigenvalue weighted by Crippen LogP contribution is 2.29. The maximum atomic E-state index is 12.4. The predicted octanol–water partition coefficient (Wildman–Crippen LogP) is 4.69. The number of halogens is 3. The van der Waals surface area contributed by atoms with Crippen LogP contribution in [-0.2, 0) is 11.3 Å². The van der Waals surface area contributed by atoms with Crippen molar-refractivity contribution in [1.29, 1.82) is 0 Å². The van der Waals surface area contributed by atoms with Crippen molar-refractivity contribution < 1.29 is 22.7 Å². The molecular formula is C19H23F3N2O2. The van der Waals surface area contributed by atoms with Gasteiger partial charge in [0, 0.05) is 36.7 Å². The van der Waals surface area contributed by atoms with Gasteiger partial charge in [-0.3, -0.25) is 9.48 Å². The van der Waals surface area contributed by atoms with E-state index in [1.807, 2.05) is 23.9 Å². The van der Waals surface area contributed by atoms with Crippen molar-refractivity contribution in [2.24, 2.45) is 5.92 Å². The van der Waals surface area contributed by atoms with Crippen LogP contribution in [0.4, 0.5) is 13.2 Å². The Morgan fingerprint density at radius 2 is 2.12 bits per heavy atom. The summed E-state index contributed by atoms with van der Waals surface area (Å²) in [5.41, 5.74) is 2.35. The Hall–Kier alpha value is -1.89. The predicted molar refractivity (Wildman–Crippen MR) is 92.2 cm³/mol. The van der Waals surface area contributed by atoms with Gasteiger partial charge < -0.3 is 4.74 Å². The van der Waals surface area contributed by atoms with Crippen LogP contribution in [0.5, 0.6) is 0 Å². The molecule has 0 N–H and O–H groups in total. The number of fused-ring (bicyclic) bond motifs is 1. The fraction of sp³-hybridized carbons (Fsp3) is 0.579. The lowest BCUT2D eigenvalue weighted by Crippen LogP contribution is -2.18. The SMILES string of the molecule is Cc1c(C(=O)CCCOCC(F)(F)F)ccc2nn(CC3CCC3)cc12. The van der Waals surface area contributed by atoms with Crippen LogP contribution in [0.15, 0.2) is 18.3 Å². The monoisotopic (exact) mass is 368 g/mol. The Morgan fingerprint density at radius 1 is 1.35 bits per heavy atom. The van der Waals surface area contributed by atoms with Crippen LogP contribution < -0.4 is 0 Å². The van der Waals surface area contributed by atoms with Gasteiger partial charge in [0.05, 0.1) is 5.52 Å². The summed E-state index contributed by atoms with van der Waals surface area (Å²) in [5.74, 6) is 0.620. The van der Waals surface area contributed by atoms with E-state index >= 15 is 0 Å². The standard InChI is InChI=1S/C19H23F3N2O2/c1-13-15(18(25)6-3-9-26-12-19(20,21)22)7-8-17-16(13)11-24(23-17)10-14-4-2-5-14/h7-8,11,14H,2-6,9-10,12H2,1H3. The van der Waals surface area contributed by atoms with Gasteiger partial charge in [-0.25, -0.2) is 0 Å². The summed E-state index contributed by atoms with van der Waals surface area (Å²) in [7, 11) is 0. The molecule has 26 heavy (non-hydrogen) atoms. The largest absolute Gasteiger partial charge is 0.411 e. The smallest absolute Gasteiger partial charge is 0.372 e. The lowest BCUT2D eigenvalue weighted by molar-refractivity contribution is -0.173. The molecule has 0 radical (unpaired) electrons. The minimum absolute atomic E-state index is 0.0771. The highest BCUT2D eigenvalue weighted by Gasteiger charge is 2.27. The lowest BCUT2D eigenvalue weighted by Gasteiger charge is -2.24. The number of carbonyl (C=O) groups excluding carboxylic acids is 1. The van der Waals surface area contributed by atoms with Crippen molar-refractivity contribution in [1.82, 2.24) is 9.78 Å². The molecule has 1 heterocycles. The molecule has 0 bridgehead atoms. The van der Waals surface area contributed by atoms with E-state index < -0.39 is 12.8 Å². The summed E-state index contributed by atoms with van der Waals surface area (Å²) < 4.78 is 42.6. The van der Waals surface area contributed by atoms with Crippen molar-refractivity contribution in [3.63, 3.8) is 0 Å². The van der Waals surface area contributed by atoms with Crippen molar-refractivity contribution in [3.05, 3.63) is 29.5 Å². The maximum absolute atomic E-state index is 12.4. The average molecular weight is 368 g/mol. The quantitative estimate of drug-likeness (QED) is 0.502. The van der Waals surface area contributed by atoms with Gasteiger partial charge in [0.25, 0.3) is 0 Å². The molecule has 0 saturated heterocycles. The molecule has 1 aliphatic rings. The third-order valence-electron chi connectivity index (χ3n) is 4.93. The van der Waals surface area contributed by atoms with E-state index in [0.717, 1.165) is 23.0 Å². The van der Waals surface area contributed by atoms with E-state index in [0.29, 0.717) is 11.5 Å². The van der Waals surface area contributed by atoms with Crippen LogP contribution >= 0.6 is 0 Å². The average Bonchev–Trinajstić information content (AvgIpc) is 2.93. The number of rotatable bonds is 8. The Bertz CT molecular complexity index is 779. The highest BCUT2D eigenvalue weighted by molar-refractivity contribution is 6.01. The van der Waals surface area contributed by atoms with E-state index in [4.69, 9.17) is 0 Å². The van der Waals surface area contributed by atoms with Crippen LogP contribution in [0.25, 0.3) is 10.9 Å². The summed E-state index contributed by atoms with van der Waals surface area (Å²) in [4.78, 5) is 12.4. The van der Waals surface area contributed by atoms with Crippen molar-refractivity contribution in [2.45, 2.75) is 51.7 Å². The first-order chi connectivity index (χ1) is 12.3. The van der Waals surface area contributed by atoms with Crippen molar-refractivity contribution in [2.75, 3.05) is 13.2 Å². The number of carbonyl (C=O) groups is 1. The van der Waals surface area contributed by atoms with Gasteiger partial charge in [0.2, 0.25) is 0 Å². The number of ketones is 1. The number of aromatic nitrogens is 2. The number of hydrogen-bond donors (Lipinski definition) is 0. The first kappa shape index (κ1) is 18.9. The third kappa shape index (κ3) is 4.63. The van der Waals surface area contributed by atoms with Gasteiger partial charge in [-0.2, -0.15) is 18.3 Å². The summed E-state index contributed by atoms with van der Waals surface area (Å²) >= 11 is 0. The zero-order chi connectivity index (χ0) is 18.7. The highest BCUT2D eigenvalue weighted by atomic mass is 19.4. The van der Waals surface area contributed by atoms with Crippen LogP contribution in [-0.4, -0.2) is 35.0 Å². The molecule has 142 valence electrons. The first-order valence-electron chi connectivity index (χ1n) is 8.98. The third-order valence-corrected chi connectivity index (χ3v) is 4.93. The molecule has 0 aliphatic heterocycles. The molecule has 1 aliphatic carbocycles. The van der Waals surface area contributed by atoms with Gasteiger partial charge in [0.1, 0.15) is 6.61 Å². The number of benzene rings is 1. The van der Waals surface area contributed by atoms with Crippen LogP contribution in [0, 0.1) is 12.8 Å². The molecule has 1 aromatic heterocycles. The van der Waals surface area contributed by atoms with E-state index in [2.05, 4.69) is 9.84 Å². The van der Waals surface area contributed by atoms with Gasteiger partial charge in [-0.05, 0) is 49.8 Å². The molecule has 1 aromatic carbocycles. The molecule has 1 saturated carbocycles. The Labute approximate surface area is 150 Å². The van der Waals surface area contributed by atoms with Gasteiger partial charge in [0.15, 0.2) is 5.78 Å². The molecular weight excluding hydrogens is 345 g/mol. The van der Waals surface area contributed by atoms with Crippen LogP contribution in [0.1, 0.15) is 48.0 Å². The number of hydrogen-bond acceptors (Lipinski definition) is 3. The molecule has 0 amide bonds. The fourth-order valence-electron chi connectivity index (χ4n) is 3.27. The van der Waals surface area contributed by atoms with Gasteiger partial charge >= 0.3 is 6.18 Å². The number of Topliss-reactive ketones (excluding diaryl/α,β-unsaturated/α-hetero) is 1. The summed E-state index contributed by atoms with van der Waals surface area (Å²) in [5, 5.41) is 5.55. The molecule has 0 atom stereocenters. The number of aryl methyl sites for hydroxylation is 1. The van der Waals surface area contributed by atoms with Crippen molar-refractivity contribution in [3.8, 4) is 0 Å². The normalized spacial score (nSPS) is 15.4. The summed E-state index contributed by atoms with van der Waals surface area (Å²) in [6.07, 6.45) is 1.88. The minimum Gasteiger partial charge on any atom is -0.372 e. The zero-order valence-electron chi connectivity index (χ0n) is 14.8. The zero-order valence-corrected chi connectivity index (χ0v) is 14.8. The molecule has 1 fully saturated rings. The molecule has 7 heteroatoms. The van der Waals surface area contributed by atoms with Gasteiger partial charge in [-0.1, -0.05) is 6.42 Å². The van der Waals surface area contributed by atoms with Crippen LogP contribution in [0.3, 0.4) is 0 Å². The second-order valence-corrected chi connectivity index (χ2v) is 7.01. The van der Waals surface area contributed by atoms with E-state index in [1.54, 1.807) is 6.07 Å².